The molecule has 3 nitrogen and oxygen atoms in total. The van der Waals surface area contributed by atoms with Gasteiger partial charge in [0.05, 0.1) is 6.42 Å². The smallest absolute Gasteiger partial charge is 0.303 e. The van der Waals surface area contributed by atoms with Crippen molar-refractivity contribution in [3.8, 4) is 0 Å². The van der Waals surface area contributed by atoms with Crippen LogP contribution in [0.5, 0.6) is 0 Å². The molecule has 0 saturated heterocycles. The highest BCUT2D eigenvalue weighted by molar-refractivity contribution is 5.99. The van der Waals surface area contributed by atoms with Gasteiger partial charge in [0, 0.05) is 12.0 Å². The minimum Gasteiger partial charge on any atom is -0.481 e. The van der Waals surface area contributed by atoms with Crippen molar-refractivity contribution < 1.29 is 14.7 Å². The van der Waals surface area contributed by atoms with Crippen LogP contribution in [0.15, 0.2) is 36.5 Å². The van der Waals surface area contributed by atoms with Crippen molar-refractivity contribution in [2.45, 2.75) is 19.8 Å². The molecule has 0 heterocycles. The topological polar surface area (TPSA) is 54.4 Å². The van der Waals surface area contributed by atoms with E-state index in [2.05, 4.69) is 6.58 Å². The Labute approximate surface area is 83.4 Å². The Morgan fingerprint density at radius 1 is 1.36 bits per heavy atom. The molecular formula is C11H14O3. The third kappa shape index (κ3) is 5.09. The average Bonchev–Trinajstić information content (AvgIpc) is 2.16. The molecule has 0 saturated carbocycles. The Morgan fingerprint density at radius 3 is 2.43 bits per heavy atom. The lowest BCUT2D eigenvalue weighted by atomic mass is 10.1. The Bertz CT molecular complexity index is 285. The van der Waals surface area contributed by atoms with Gasteiger partial charge in [-0.25, -0.2) is 0 Å². The SMILES string of the molecule is C=C/C=C\C(=C/C)C(=O)CCC(=O)O. The van der Waals surface area contributed by atoms with Crippen molar-refractivity contribution in [3.05, 3.63) is 36.5 Å². The summed E-state index contributed by atoms with van der Waals surface area (Å²) < 4.78 is 0. The third-order valence-corrected chi connectivity index (χ3v) is 1.61. The first-order valence-corrected chi connectivity index (χ1v) is 4.32. The fourth-order valence-electron chi connectivity index (χ4n) is 0.887. The van der Waals surface area contributed by atoms with E-state index >= 15 is 0 Å². The molecule has 0 aromatic carbocycles. The maximum absolute atomic E-state index is 11.4. The summed E-state index contributed by atoms with van der Waals surface area (Å²) in [5.41, 5.74) is 0.520. The van der Waals surface area contributed by atoms with Crippen LogP contribution < -0.4 is 0 Å². The van der Waals surface area contributed by atoms with Gasteiger partial charge in [-0.1, -0.05) is 30.9 Å². The van der Waals surface area contributed by atoms with E-state index in [1.807, 2.05) is 0 Å². The van der Waals surface area contributed by atoms with Gasteiger partial charge in [0.2, 0.25) is 0 Å². The lowest BCUT2D eigenvalue weighted by molar-refractivity contribution is -0.138. The van der Waals surface area contributed by atoms with Crippen molar-refractivity contribution in [2.75, 3.05) is 0 Å². The summed E-state index contributed by atoms with van der Waals surface area (Å²) >= 11 is 0. The van der Waals surface area contributed by atoms with Gasteiger partial charge in [0.15, 0.2) is 5.78 Å². The van der Waals surface area contributed by atoms with Crippen molar-refractivity contribution in [2.24, 2.45) is 0 Å². The summed E-state index contributed by atoms with van der Waals surface area (Å²) in [6.07, 6.45) is 6.40. The Balaban J connectivity index is 4.26. The van der Waals surface area contributed by atoms with E-state index in [9.17, 15) is 9.59 Å². The highest BCUT2D eigenvalue weighted by Gasteiger charge is 2.07. The number of rotatable bonds is 6. The summed E-state index contributed by atoms with van der Waals surface area (Å²) in [6, 6.07) is 0. The molecule has 0 aromatic rings. The monoisotopic (exact) mass is 194 g/mol. The molecule has 0 fully saturated rings. The van der Waals surface area contributed by atoms with Crippen LogP contribution in [0, 0.1) is 0 Å². The molecule has 0 atom stereocenters. The number of carboxylic acid groups (broad SMARTS) is 1. The average molecular weight is 194 g/mol. The first-order valence-electron chi connectivity index (χ1n) is 4.32. The lowest BCUT2D eigenvalue weighted by Gasteiger charge is -1.98. The molecule has 1 N–H and O–H groups in total. The second kappa shape index (κ2) is 6.83. The number of hydrogen-bond donors (Lipinski definition) is 1. The lowest BCUT2D eigenvalue weighted by Crippen LogP contribution is -2.04. The van der Waals surface area contributed by atoms with Crippen LogP contribution in [0.1, 0.15) is 19.8 Å². The maximum atomic E-state index is 11.4. The third-order valence-electron chi connectivity index (χ3n) is 1.61. The number of aliphatic carboxylic acids is 1. The number of hydrogen-bond acceptors (Lipinski definition) is 2. The van der Waals surface area contributed by atoms with Gasteiger partial charge in [-0.05, 0) is 6.92 Å². The Kier molecular flexibility index (Phi) is 6.03. The highest BCUT2D eigenvalue weighted by Crippen LogP contribution is 2.04. The molecular weight excluding hydrogens is 180 g/mol. The number of Topliss-reactive ketones (excluding diaryl/α,β-unsaturated/α-hetero) is 1. The molecule has 0 aliphatic heterocycles. The van der Waals surface area contributed by atoms with Crippen molar-refractivity contribution in [1.82, 2.24) is 0 Å². The summed E-state index contributed by atoms with van der Waals surface area (Å²) in [7, 11) is 0. The number of carboxylic acids is 1. The van der Waals surface area contributed by atoms with Crippen LogP contribution in [0.25, 0.3) is 0 Å². The molecule has 0 amide bonds. The molecule has 3 heteroatoms. The Hall–Kier alpha value is -1.64. The molecule has 0 unspecified atom stereocenters. The molecule has 0 spiro atoms. The van der Waals surface area contributed by atoms with E-state index in [-0.39, 0.29) is 18.6 Å². The largest absolute Gasteiger partial charge is 0.481 e. The van der Waals surface area contributed by atoms with Gasteiger partial charge >= 0.3 is 5.97 Å². The number of carbonyl (C=O) groups is 2. The molecule has 14 heavy (non-hydrogen) atoms. The van der Waals surface area contributed by atoms with E-state index < -0.39 is 5.97 Å². The van der Waals surface area contributed by atoms with Gasteiger partial charge in [-0.15, -0.1) is 0 Å². The van der Waals surface area contributed by atoms with E-state index in [0.29, 0.717) is 5.57 Å². The second-order valence-corrected chi connectivity index (χ2v) is 2.66. The predicted molar refractivity (Wildman–Crippen MR) is 55.0 cm³/mol. The normalized spacial score (nSPS) is 11.6. The zero-order chi connectivity index (χ0) is 11.0. The fraction of sp³-hybridized carbons (Fsp3) is 0.273. The van der Waals surface area contributed by atoms with Gasteiger partial charge in [0.1, 0.15) is 0 Å². The van der Waals surface area contributed by atoms with E-state index in [1.54, 1.807) is 31.2 Å². The highest BCUT2D eigenvalue weighted by atomic mass is 16.4. The van der Waals surface area contributed by atoms with Gasteiger partial charge < -0.3 is 5.11 Å². The van der Waals surface area contributed by atoms with Crippen LogP contribution in [0.2, 0.25) is 0 Å². The van der Waals surface area contributed by atoms with Gasteiger partial charge in [-0.2, -0.15) is 0 Å². The van der Waals surface area contributed by atoms with Crippen LogP contribution in [0.4, 0.5) is 0 Å². The van der Waals surface area contributed by atoms with Crippen LogP contribution in [-0.2, 0) is 9.59 Å². The van der Waals surface area contributed by atoms with E-state index in [0.717, 1.165) is 0 Å². The van der Waals surface area contributed by atoms with Gasteiger partial charge in [-0.3, -0.25) is 9.59 Å². The van der Waals surface area contributed by atoms with Crippen molar-refractivity contribution in [1.29, 1.82) is 0 Å². The molecule has 0 radical (unpaired) electrons. The zero-order valence-corrected chi connectivity index (χ0v) is 8.19. The van der Waals surface area contributed by atoms with Gasteiger partial charge in [0.25, 0.3) is 0 Å². The first kappa shape index (κ1) is 12.4. The van der Waals surface area contributed by atoms with Crippen LogP contribution >= 0.6 is 0 Å². The minimum atomic E-state index is -0.957. The summed E-state index contributed by atoms with van der Waals surface area (Å²) in [6.45, 7) is 5.22. The molecule has 0 aromatic heterocycles. The van der Waals surface area contributed by atoms with Crippen molar-refractivity contribution in [3.63, 3.8) is 0 Å². The molecule has 0 rings (SSSR count). The molecule has 0 aliphatic carbocycles. The standard InChI is InChI=1S/C11H14O3/c1-3-5-6-9(4-2)10(12)7-8-11(13)14/h3-6H,1,7-8H2,2H3,(H,13,14)/b6-5-,9-4+. The molecule has 0 bridgehead atoms. The predicted octanol–water partition coefficient (Wildman–Crippen LogP) is 2.11. The van der Waals surface area contributed by atoms with Crippen LogP contribution in [-0.4, -0.2) is 16.9 Å². The Morgan fingerprint density at radius 2 is 2.00 bits per heavy atom. The summed E-state index contributed by atoms with van der Waals surface area (Å²) in [5, 5.41) is 8.39. The molecule has 0 aliphatic rings. The summed E-state index contributed by atoms with van der Waals surface area (Å²) in [4.78, 5) is 21.6. The minimum absolute atomic E-state index is 0.0382. The van der Waals surface area contributed by atoms with E-state index in [1.165, 1.54) is 0 Å². The number of allylic oxidation sites excluding steroid dienone is 5. The maximum Gasteiger partial charge on any atom is 0.303 e. The van der Waals surface area contributed by atoms with Crippen LogP contribution in [0.3, 0.4) is 0 Å². The number of carbonyl (C=O) groups excluding carboxylic acids is 1. The van der Waals surface area contributed by atoms with Crippen molar-refractivity contribution >= 4 is 11.8 Å². The second-order valence-electron chi connectivity index (χ2n) is 2.66. The fourth-order valence-corrected chi connectivity index (χ4v) is 0.887. The van der Waals surface area contributed by atoms with E-state index in [4.69, 9.17) is 5.11 Å². The molecule has 76 valence electrons. The zero-order valence-electron chi connectivity index (χ0n) is 8.19. The summed E-state index contributed by atoms with van der Waals surface area (Å²) in [5.74, 6) is -1.12. The number of ketones is 1. The first-order chi connectivity index (χ1) is 6.61. The quantitative estimate of drug-likeness (QED) is 0.520.